The molecule has 0 saturated carbocycles. The number of hydrogen-bond donors (Lipinski definition) is 1. The van der Waals surface area contributed by atoms with Gasteiger partial charge in [-0.15, -0.1) is 0 Å². The molecule has 140 valence electrons. The molecule has 0 aliphatic carbocycles. The number of hydrogen-bond acceptors (Lipinski definition) is 4. The summed E-state index contributed by atoms with van der Waals surface area (Å²) < 4.78 is 9.36. The van der Waals surface area contributed by atoms with Gasteiger partial charge in [-0.25, -0.2) is 0 Å². The molecule has 0 atom stereocenters. The van der Waals surface area contributed by atoms with E-state index in [-0.39, 0.29) is 5.91 Å². The number of carbonyl (C=O) groups excluding carboxylic acids is 1. The van der Waals surface area contributed by atoms with E-state index in [2.05, 4.69) is 15.4 Å². The Morgan fingerprint density at radius 1 is 1.11 bits per heavy atom. The summed E-state index contributed by atoms with van der Waals surface area (Å²) in [5.41, 5.74) is 2.08. The highest BCUT2D eigenvalue weighted by Crippen LogP contribution is 2.27. The minimum atomic E-state index is -0.225. The van der Waals surface area contributed by atoms with E-state index >= 15 is 0 Å². The van der Waals surface area contributed by atoms with Gasteiger partial charge >= 0.3 is 0 Å². The molecule has 4 rings (SSSR count). The van der Waals surface area contributed by atoms with Gasteiger partial charge in [-0.05, 0) is 55.0 Å². The van der Waals surface area contributed by atoms with E-state index in [1.807, 2.05) is 66.3 Å². The van der Waals surface area contributed by atoms with Crippen LogP contribution in [0, 0.1) is 6.92 Å². The highest BCUT2D eigenvalue weighted by molar-refractivity contribution is 6.06. The number of anilines is 1. The predicted octanol–water partition coefficient (Wildman–Crippen LogP) is 3.96. The number of ether oxygens (including phenoxy) is 1. The molecule has 0 bridgehead atoms. The van der Waals surface area contributed by atoms with Crippen LogP contribution in [-0.2, 0) is 7.05 Å². The Bertz CT molecular complexity index is 1100. The molecule has 7 nitrogen and oxygen atoms in total. The first kappa shape index (κ1) is 17.5. The first-order chi connectivity index (χ1) is 13.6. The van der Waals surface area contributed by atoms with Crippen LogP contribution in [0.4, 0.5) is 5.69 Å². The maximum Gasteiger partial charge on any atom is 0.261 e. The van der Waals surface area contributed by atoms with Gasteiger partial charge in [0.1, 0.15) is 22.9 Å². The Balaban J connectivity index is 1.54. The van der Waals surface area contributed by atoms with Gasteiger partial charge < -0.3 is 14.6 Å². The minimum Gasteiger partial charge on any atom is -0.455 e. The predicted molar refractivity (Wildman–Crippen MR) is 106 cm³/mol. The number of nitrogens with zero attached hydrogens (tertiary/aromatic N) is 4. The average molecular weight is 373 g/mol. The quantitative estimate of drug-likeness (QED) is 0.575. The lowest BCUT2D eigenvalue weighted by molar-refractivity contribution is 0.102. The van der Waals surface area contributed by atoms with Crippen LogP contribution in [0.3, 0.4) is 0 Å². The molecule has 1 amide bonds. The molecule has 28 heavy (non-hydrogen) atoms. The summed E-state index contributed by atoms with van der Waals surface area (Å²) in [6.07, 6.45) is 8.67. The van der Waals surface area contributed by atoms with Crippen molar-refractivity contribution in [2.75, 3.05) is 5.32 Å². The Hall–Kier alpha value is -3.87. The molecule has 7 heteroatoms. The van der Waals surface area contributed by atoms with Crippen LogP contribution < -0.4 is 10.1 Å². The van der Waals surface area contributed by atoms with E-state index in [1.54, 1.807) is 30.3 Å². The lowest BCUT2D eigenvalue weighted by atomic mass is 10.2. The number of pyridine rings is 1. The first-order valence-electron chi connectivity index (χ1n) is 8.77. The second-order valence-corrected chi connectivity index (χ2v) is 6.32. The largest absolute Gasteiger partial charge is 0.455 e. The van der Waals surface area contributed by atoms with Crippen molar-refractivity contribution < 1.29 is 9.53 Å². The van der Waals surface area contributed by atoms with Crippen molar-refractivity contribution in [2.45, 2.75) is 6.92 Å². The van der Waals surface area contributed by atoms with Gasteiger partial charge in [0.25, 0.3) is 5.91 Å². The Labute approximate surface area is 162 Å². The second kappa shape index (κ2) is 7.40. The summed E-state index contributed by atoms with van der Waals surface area (Å²) in [7, 11) is 1.81. The molecule has 0 unspecified atom stereocenters. The molecule has 3 aromatic heterocycles. The van der Waals surface area contributed by atoms with Gasteiger partial charge in [-0.2, -0.15) is 5.10 Å². The summed E-state index contributed by atoms with van der Waals surface area (Å²) in [5.74, 6) is 1.85. The monoisotopic (exact) mass is 373 g/mol. The average Bonchev–Trinajstić information content (AvgIpc) is 3.34. The van der Waals surface area contributed by atoms with Crippen molar-refractivity contribution in [1.82, 2.24) is 19.3 Å². The third kappa shape index (κ3) is 3.50. The number of carbonyl (C=O) groups is 1. The van der Waals surface area contributed by atoms with Crippen molar-refractivity contribution in [3.05, 3.63) is 84.6 Å². The Morgan fingerprint density at radius 2 is 1.93 bits per heavy atom. The van der Waals surface area contributed by atoms with Crippen molar-refractivity contribution in [3.8, 4) is 17.3 Å². The van der Waals surface area contributed by atoms with Crippen LogP contribution in [0.25, 0.3) is 5.82 Å². The van der Waals surface area contributed by atoms with Gasteiger partial charge in [-0.3, -0.25) is 14.5 Å². The van der Waals surface area contributed by atoms with Crippen LogP contribution >= 0.6 is 0 Å². The van der Waals surface area contributed by atoms with Crippen molar-refractivity contribution in [2.24, 2.45) is 7.05 Å². The second-order valence-electron chi connectivity index (χ2n) is 6.32. The smallest absolute Gasteiger partial charge is 0.261 e. The molecule has 4 aromatic rings. The van der Waals surface area contributed by atoms with Gasteiger partial charge in [0, 0.05) is 31.3 Å². The van der Waals surface area contributed by atoms with Crippen molar-refractivity contribution in [1.29, 1.82) is 0 Å². The summed E-state index contributed by atoms with van der Waals surface area (Å²) in [6, 6.07) is 13.0. The fourth-order valence-corrected chi connectivity index (χ4v) is 2.95. The fourth-order valence-electron chi connectivity index (χ4n) is 2.95. The van der Waals surface area contributed by atoms with Crippen LogP contribution in [0.2, 0.25) is 0 Å². The van der Waals surface area contributed by atoms with Crippen LogP contribution in [-0.4, -0.2) is 25.2 Å². The standard InChI is InChI=1S/C21H19N5O2/c1-15-12-16(7-8-19(15)28-17-6-5-9-22-13-17)24-20(27)18-14-23-25(2)21(18)26-10-3-4-11-26/h3-14H,1-2H3,(H,24,27). The molecule has 1 aromatic carbocycles. The summed E-state index contributed by atoms with van der Waals surface area (Å²) in [4.78, 5) is 16.9. The molecule has 0 spiro atoms. The maximum absolute atomic E-state index is 12.8. The highest BCUT2D eigenvalue weighted by Gasteiger charge is 2.17. The van der Waals surface area contributed by atoms with Crippen molar-refractivity contribution >= 4 is 11.6 Å². The van der Waals surface area contributed by atoms with Gasteiger partial charge in [0.15, 0.2) is 0 Å². The molecule has 1 N–H and O–H groups in total. The highest BCUT2D eigenvalue weighted by atomic mass is 16.5. The van der Waals surface area contributed by atoms with E-state index in [1.165, 1.54) is 0 Å². The zero-order chi connectivity index (χ0) is 19.5. The molecule has 0 radical (unpaired) electrons. The number of benzene rings is 1. The topological polar surface area (TPSA) is 74.0 Å². The SMILES string of the molecule is Cc1cc(NC(=O)c2cnn(C)c2-n2cccc2)ccc1Oc1cccnc1. The Morgan fingerprint density at radius 3 is 2.64 bits per heavy atom. The van der Waals surface area contributed by atoms with E-state index in [0.717, 1.165) is 5.56 Å². The van der Waals surface area contributed by atoms with Crippen LogP contribution in [0.1, 0.15) is 15.9 Å². The van der Waals surface area contributed by atoms with Crippen molar-refractivity contribution in [3.63, 3.8) is 0 Å². The molecular weight excluding hydrogens is 354 g/mol. The molecule has 0 aliphatic rings. The van der Waals surface area contributed by atoms with Crippen LogP contribution in [0.5, 0.6) is 11.5 Å². The molecular formula is C21H19N5O2. The van der Waals surface area contributed by atoms with Gasteiger partial charge in [-0.1, -0.05) is 0 Å². The number of rotatable bonds is 5. The number of aryl methyl sites for hydroxylation is 2. The zero-order valence-corrected chi connectivity index (χ0v) is 15.5. The van der Waals surface area contributed by atoms with Gasteiger partial charge in [0.05, 0.1) is 12.4 Å². The molecule has 3 heterocycles. The van der Waals surface area contributed by atoms with E-state index in [9.17, 15) is 4.79 Å². The minimum absolute atomic E-state index is 0.225. The summed E-state index contributed by atoms with van der Waals surface area (Å²) in [5, 5.41) is 7.16. The lowest BCUT2D eigenvalue weighted by Gasteiger charge is -2.11. The third-order valence-electron chi connectivity index (χ3n) is 4.30. The zero-order valence-electron chi connectivity index (χ0n) is 15.5. The lowest BCUT2D eigenvalue weighted by Crippen LogP contribution is -2.15. The maximum atomic E-state index is 12.8. The third-order valence-corrected chi connectivity index (χ3v) is 4.30. The van der Waals surface area contributed by atoms with E-state index < -0.39 is 0 Å². The van der Waals surface area contributed by atoms with Crippen LogP contribution in [0.15, 0.2) is 73.4 Å². The molecule has 0 aliphatic heterocycles. The fraction of sp³-hybridized carbons (Fsp3) is 0.0952. The number of aromatic nitrogens is 4. The number of amides is 1. The summed E-state index contributed by atoms with van der Waals surface area (Å²) >= 11 is 0. The van der Waals surface area contributed by atoms with E-state index in [0.29, 0.717) is 28.6 Å². The Kier molecular flexibility index (Phi) is 4.63. The molecule has 0 saturated heterocycles. The van der Waals surface area contributed by atoms with E-state index in [4.69, 9.17) is 4.74 Å². The number of nitrogens with one attached hydrogen (secondary N) is 1. The molecule has 0 fully saturated rings. The first-order valence-corrected chi connectivity index (χ1v) is 8.77. The summed E-state index contributed by atoms with van der Waals surface area (Å²) in [6.45, 7) is 1.93. The van der Waals surface area contributed by atoms with Gasteiger partial charge in [0.2, 0.25) is 0 Å². The normalized spacial score (nSPS) is 10.6.